The number of ether oxygens (including phenoxy) is 1. The summed E-state index contributed by atoms with van der Waals surface area (Å²) >= 11 is 0. The summed E-state index contributed by atoms with van der Waals surface area (Å²) in [6.07, 6.45) is 4.33. The maximum absolute atomic E-state index is 11.3. The smallest absolute Gasteiger partial charge is 0.334 e. The Kier molecular flexibility index (Phi) is 4.99. The zero-order valence-electron chi connectivity index (χ0n) is 11.5. The van der Waals surface area contributed by atoms with Crippen LogP contribution in [0.3, 0.4) is 0 Å². The van der Waals surface area contributed by atoms with Crippen LogP contribution < -0.4 is 0 Å². The number of aliphatic hydroxyl groups is 1. The highest BCUT2D eigenvalue weighted by Crippen LogP contribution is 2.39. The van der Waals surface area contributed by atoms with Crippen LogP contribution in [-0.2, 0) is 9.53 Å². The summed E-state index contributed by atoms with van der Waals surface area (Å²) in [7, 11) is 1.33. The molecule has 0 aromatic carbocycles. The number of esters is 1. The molecule has 1 aliphatic rings. The molecule has 0 aromatic heterocycles. The predicted octanol–water partition coefficient (Wildman–Crippen LogP) is 2.76. The number of aliphatic hydroxyl groups excluding tert-OH is 1. The fraction of sp³-hybridized carbons (Fsp3) is 0.929. The zero-order valence-corrected chi connectivity index (χ0v) is 11.5. The minimum Gasteiger partial charge on any atom is -0.467 e. The Hall–Kier alpha value is -0.570. The molecule has 3 heteroatoms. The van der Waals surface area contributed by atoms with Crippen LogP contribution in [0.4, 0.5) is 0 Å². The van der Waals surface area contributed by atoms with E-state index >= 15 is 0 Å². The number of hydrogen-bond donors (Lipinski definition) is 1. The Labute approximate surface area is 105 Å². The molecular formula is C14H26O3. The second kappa shape index (κ2) is 5.85. The Morgan fingerprint density at radius 2 is 1.88 bits per heavy atom. The average Bonchev–Trinajstić information content (AvgIpc) is 2.51. The molecule has 17 heavy (non-hydrogen) atoms. The van der Waals surface area contributed by atoms with Crippen LogP contribution >= 0.6 is 0 Å². The normalized spacial score (nSPS) is 28.3. The highest BCUT2D eigenvalue weighted by atomic mass is 16.5. The maximum atomic E-state index is 11.3. The first-order valence-electron chi connectivity index (χ1n) is 6.62. The van der Waals surface area contributed by atoms with E-state index < -0.39 is 12.1 Å². The number of carbonyl (C=O) groups excluding carboxylic acids is 1. The van der Waals surface area contributed by atoms with Crippen molar-refractivity contribution in [3.63, 3.8) is 0 Å². The zero-order chi connectivity index (χ0) is 13.1. The highest BCUT2D eigenvalue weighted by Gasteiger charge is 2.32. The lowest BCUT2D eigenvalue weighted by molar-refractivity contribution is -0.153. The average molecular weight is 242 g/mol. The molecular weight excluding hydrogens is 216 g/mol. The lowest BCUT2D eigenvalue weighted by Gasteiger charge is -2.29. The number of methoxy groups -OCH3 is 1. The van der Waals surface area contributed by atoms with E-state index in [0.29, 0.717) is 11.3 Å². The summed E-state index contributed by atoms with van der Waals surface area (Å²) in [6.45, 7) is 6.82. The van der Waals surface area contributed by atoms with Crippen molar-refractivity contribution in [3.05, 3.63) is 0 Å². The first kappa shape index (κ1) is 14.5. The van der Waals surface area contributed by atoms with Crippen molar-refractivity contribution in [1.29, 1.82) is 0 Å². The minimum atomic E-state index is -0.932. The molecule has 1 N–H and O–H groups in total. The molecule has 100 valence electrons. The number of rotatable bonds is 2. The van der Waals surface area contributed by atoms with Crippen molar-refractivity contribution >= 4 is 5.97 Å². The third-order valence-corrected chi connectivity index (χ3v) is 4.13. The number of carbonyl (C=O) groups is 1. The van der Waals surface area contributed by atoms with E-state index in [-0.39, 0.29) is 5.92 Å². The van der Waals surface area contributed by atoms with Crippen molar-refractivity contribution in [2.24, 2.45) is 17.3 Å². The van der Waals surface area contributed by atoms with Gasteiger partial charge in [0.2, 0.25) is 0 Å². The van der Waals surface area contributed by atoms with Crippen molar-refractivity contribution in [3.8, 4) is 0 Å². The van der Waals surface area contributed by atoms with Crippen molar-refractivity contribution in [2.75, 3.05) is 7.11 Å². The minimum absolute atomic E-state index is 0.0785. The van der Waals surface area contributed by atoms with Gasteiger partial charge in [0.15, 0.2) is 6.10 Å². The Morgan fingerprint density at radius 1 is 1.24 bits per heavy atom. The molecule has 3 nitrogen and oxygen atoms in total. The largest absolute Gasteiger partial charge is 0.467 e. The van der Waals surface area contributed by atoms with E-state index in [1.807, 2.05) is 0 Å². The Bertz CT molecular complexity index is 255. The van der Waals surface area contributed by atoms with Gasteiger partial charge in [0, 0.05) is 0 Å². The molecule has 0 radical (unpaired) electrons. The summed E-state index contributed by atoms with van der Waals surface area (Å²) in [5.41, 5.74) is 0.325. The van der Waals surface area contributed by atoms with Gasteiger partial charge in [-0.25, -0.2) is 4.79 Å². The molecule has 1 rings (SSSR count). The molecule has 1 aliphatic carbocycles. The van der Waals surface area contributed by atoms with Crippen molar-refractivity contribution < 1.29 is 14.6 Å². The van der Waals surface area contributed by atoms with Crippen LogP contribution in [0.15, 0.2) is 0 Å². The van der Waals surface area contributed by atoms with Gasteiger partial charge in [-0.3, -0.25) is 0 Å². The Balaban J connectivity index is 2.56. The fourth-order valence-corrected chi connectivity index (χ4v) is 2.83. The SMILES string of the molecule is COC(=O)C(O)C1CCCC(C(C)(C)C)CC1. The van der Waals surface area contributed by atoms with E-state index in [1.54, 1.807) is 0 Å². The lowest BCUT2D eigenvalue weighted by atomic mass is 9.76. The van der Waals surface area contributed by atoms with Crippen LogP contribution in [0.1, 0.15) is 52.9 Å². The molecule has 3 atom stereocenters. The molecule has 0 aliphatic heterocycles. The van der Waals surface area contributed by atoms with Gasteiger partial charge in [0.05, 0.1) is 7.11 Å². The van der Waals surface area contributed by atoms with E-state index in [4.69, 9.17) is 0 Å². The molecule has 0 aromatic rings. The van der Waals surface area contributed by atoms with E-state index in [2.05, 4.69) is 25.5 Å². The molecule has 0 bridgehead atoms. The summed E-state index contributed by atoms with van der Waals surface area (Å²) < 4.78 is 4.61. The predicted molar refractivity (Wildman–Crippen MR) is 67.5 cm³/mol. The van der Waals surface area contributed by atoms with Crippen LogP contribution in [0.25, 0.3) is 0 Å². The fourth-order valence-electron chi connectivity index (χ4n) is 2.83. The third kappa shape index (κ3) is 3.98. The van der Waals surface area contributed by atoms with Gasteiger partial charge < -0.3 is 9.84 Å². The molecule has 1 fully saturated rings. The summed E-state index contributed by atoms with van der Waals surface area (Å²) in [6, 6.07) is 0. The molecule has 0 spiro atoms. The van der Waals surface area contributed by atoms with Crippen LogP contribution in [0, 0.1) is 17.3 Å². The lowest BCUT2D eigenvalue weighted by Crippen LogP contribution is -2.30. The molecule has 3 unspecified atom stereocenters. The van der Waals surface area contributed by atoms with E-state index in [9.17, 15) is 9.90 Å². The van der Waals surface area contributed by atoms with Crippen molar-refractivity contribution in [2.45, 2.75) is 59.0 Å². The van der Waals surface area contributed by atoms with Gasteiger partial charge in [0.25, 0.3) is 0 Å². The van der Waals surface area contributed by atoms with Crippen molar-refractivity contribution in [1.82, 2.24) is 0 Å². The molecule has 1 saturated carbocycles. The summed E-state index contributed by atoms with van der Waals surface area (Å²) in [4.78, 5) is 11.3. The van der Waals surface area contributed by atoms with Crippen LogP contribution in [-0.4, -0.2) is 24.3 Å². The molecule has 0 amide bonds. The van der Waals surface area contributed by atoms with Gasteiger partial charge in [-0.2, -0.15) is 0 Å². The van der Waals surface area contributed by atoms with Crippen LogP contribution in [0.5, 0.6) is 0 Å². The standard InChI is InChI=1S/C14H26O3/c1-14(2,3)11-7-5-6-10(8-9-11)12(15)13(16)17-4/h10-12,15H,5-9H2,1-4H3. The summed E-state index contributed by atoms with van der Waals surface area (Å²) in [5, 5.41) is 9.88. The molecule has 0 saturated heterocycles. The highest BCUT2D eigenvalue weighted by molar-refractivity contribution is 5.74. The first-order valence-corrected chi connectivity index (χ1v) is 6.62. The van der Waals surface area contributed by atoms with Crippen LogP contribution in [0.2, 0.25) is 0 Å². The van der Waals surface area contributed by atoms with Gasteiger partial charge in [-0.15, -0.1) is 0 Å². The topological polar surface area (TPSA) is 46.5 Å². The second-order valence-corrected chi connectivity index (χ2v) is 6.30. The Morgan fingerprint density at radius 3 is 2.41 bits per heavy atom. The van der Waals surface area contributed by atoms with Gasteiger partial charge in [-0.05, 0) is 42.9 Å². The third-order valence-electron chi connectivity index (χ3n) is 4.13. The first-order chi connectivity index (χ1) is 7.86. The summed E-state index contributed by atoms with van der Waals surface area (Å²) in [5.74, 6) is 0.288. The van der Waals surface area contributed by atoms with Gasteiger partial charge >= 0.3 is 5.97 Å². The van der Waals surface area contributed by atoms with Gasteiger partial charge in [-0.1, -0.05) is 27.2 Å². The van der Waals surface area contributed by atoms with E-state index in [1.165, 1.54) is 13.5 Å². The quantitative estimate of drug-likeness (QED) is 0.598. The monoisotopic (exact) mass is 242 g/mol. The second-order valence-electron chi connectivity index (χ2n) is 6.30. The van der Waals surface area contributed by atoms with E-state index in [0.717, 1.165) is 25.7 Å². The maximum Gasteiger partial charge on any atom is 0.334 e. The van der Waals surface area contributed by atoms with Gasteiger partial charge in [0.1, 0.15) is 0 Å². The number of hydrogen-bond acceptors (Lipinski definition) is 3. The molecule has 0 heterocycles.